The quantitative estimate of drug-likeness (QED) is 0.391. The van der Waals surface area contributed by atoms with E-state index in [0.29, 0.717) is 47.4 Å². The van der Waals surface area contributed by atoms with Gasteiger partial charge in [0.2, 0.25) is 0 Å². The van der Waals surface area contributed by atoms with Gasteiger partial charge >= 0.3 is 10.2 Å². The third kappa shape index (κ3) is 5.13. The molecule has 194 valence electrons. The number of benzene rings is 1. The van der Waals surface area contributed by atoms with Gasteiger partial charge in [0.15, 0.2) is 0 Å². The van der Waals surface area contributed by atoms with Gasteiger partial charge in [-0.25, -0.2) is 0 Å². The predicted molar refractivity (Wildman–Crippen MR) is 129 cm³/mol. The maximum Gasteiger partial charge on any atom is 0.310 e. The van der Waals surface area contributed by atoms with Gasteiger partial charge in [0.1, 0.15) is 11.0 Å². The first-order valence-corrected chi connectivity index (χ1v) is 13.8. The Bertz CT molecular complexity index is 1190. The minimum Gasteiger partial charge on any atom is -0.388 e. The van der Waals surface area contributed by atoms with E-state index in [1.165, 1.54) is 0 Å². The van der Waals surface area contributed by atoms with Crippen molar-refractivity contribution >= 4 is 15.8 Å². The topological polar surface area (TPSA) is 53.4 Å². The molecule has 2 aliphatic carbocycles. The standard InChI is InChI=1S/C26H32F5NO2S/c1-15(2)24-23(25(34)17-9-11-18(12-10-17)35(27,28,29,30)31)21(16-7-5-6-8-16)22-19(32-24)13-26(3,4)14-20(22)33/h7,9-12,15,20,25,33-34H,5-6,8,13-14H2,1-4H3. The van der Waals surface area contributed by atoms with Gasteiger partial charge in [-0.1, -0.05) is 65.3 Å². The Balaban J connectivity index is 1.94. The number of hydrogen-bond acceptors (Lipinski definition) is 3. The molecular weight excluding hydrogens is 485 g/mol. The molecule has 1 aromatic heterocycles. The molecule has 2 unspecified atom stereocenters. The highest BCUT2D eigenvalue weighted by atomic mass is 32.5. The van der Waals surface area contributed by atoms with E-state index in [1.807, 2.05) is 13.8 Å². The number of nitrogens with zero attached hydrogens (tertiary/aromatic N) is 1. The first kappa shape index (κ1) is 26.1. The number of halogens is 5. The Hall–Kier alpha value is -1.97. The SMILES string of the molecule is CC(C)c1nc2c(c(C3=CCCC3)c1C(O)c1ccc(S(F)(F)(F)(F)F)cc1)C(O)CC(C)(C)C2. The van der Waals surface area contributed by atoms with Crippen LogP contribution in [0.25, 0.3) is 5.57 Å². The van der Waals surface area contributed by atoms with E-state index in [4.69, 9.17) is 4.98 Å². The lowest BCUT2D eigenvalue weighted by molar-refractivity contribution is 0.0972. The number of hydrogen-bond donors (Lipinski definition) is 2. The van der Waals surface area contributed by atoms with Crippen LogP contribution in [0.2, 0.25) is 0 Å². The van der Waals surface area contributed by atoms with Crippen LogP contribution in [0.3, 0.4) is 0 Å². The van der Waals surface area contributed by atoms with Crippen LogP contribution in [0.15, 0.2) is 35.2 Å². The van der Waals surface area contributed by atoms with Crippen molar-refractivity contribution in [2.45, 2.75) is 82.8 Å². The third-order valence-electron chi connectivity index (χ3n) is 6.93. The molecule has 0 fully saturated rings. The summed E-state index contributed by atoms with van der Waals surface area (Å²) in [5.74, 6) is -0.128. The number of aliphatic hydroxyl groups is 2. The van der Waals surface area contributed by atoms with Crippen molar-refractivity contribution in [1.29, 1.82) is 0 Å². The van der Waals surface area contributed by atoms with Crippen molar-refractivity contribution in [3.8, 4) is 0 Å². The van der Waals surface area contributed by atoms with Crippen molar-refractivity contribution in [3.05, 3.63) is 64.0 Å². The average Bonchev–Trinajstić information content (AvgIpc) is 3.24. The number of rotatable bonds is 5. The maximum absolute atomic E-state index is 13.2. The molecular formula is C26H32F5NO2S. The molecule has 9 heteroatoms. The number of fused-ring (bicyclic) bond motifs is 1. The summed E-state index contributed by atoms with van der Waals surface area (Å²) in [4.78, 5) is 2.88. The first-order valence-electron chi connectivity index (χ1n) is 11.8. The Kier molecular flexibility index (Phi) is 5.79. The van der Waals surface area contributed by atoms with Gasteiger partial charge in [0, 0.05) is 22.5 Å². The van der Waals surface area contributed by atoms with Gasteiger partial charge in [-0.2, -0.15) is 0 Å². The lowest BCUT2D eigenvalue weighted by Crippen LogP contribution is -2.29. The molecule has 4 rings (SSSR count). The van der Waals surface area contributed by atoms with Gasteiger partial charge in [0.25, 0.3) is 0 Å². The molecule has 2 aromatic rings. The van der Waals surface area contributed by atoms with Crippen LogP contribution >= 0.6 is 10.2 Å². The molecule has 0 amide bonds. The summed E-state index contributed by atoms with van der Waals surface area (Å²) >= 11 is 0. The van der Waals surface area contributed by atoms with Crippen molar-refractivity contribution in [2.75, 3.05) is 0 Å². The molecule has 35 heavy (non-hydrogen) atoms. The Morgan fingerprint density at radius 2 is 1.69 bits per heavy atom. The molecule has 2 N–H and O–H groups in total. The monoisotopic (exact) mass is 517 g/mol. The second-order valence-corrected chi connectivity index (χ2v) is 13.3. The molecule has 2 atom stereocenters. The van der Waals surface area contributed by atoms with Crippen molar-refractivity contribution in [1.82, 2.24) is 4.98 Å². The van der Waals surface area contributed by atoms with Crippen LogP contribution in [-0.4, -0.2) is 15.2 Å². The molecule has 0 saturated heterocycles. The van der Waals surface area contributed by atoms with Crippen LogP contribution in [-0.2, 0) is 6.42 Å². The lowest BCUT2D eigenvalue weighted by atomic mass is 9.71. The molecule has 0 saturated carbocycles. The zero-order valence-electron chi connectivity index (χ0n) is 20.3. The van der Waals surface area contributed by atoms with E-state index in [-0.39, 0.29) is 16.9 Å². The number of allylic oxidation sites excluding steroid dienone is 2. The second kappa shape index (κ2) is 7.76. The van der Waals surface area contributed by atoms with Crippen LogP contribution in [0.1, 0.15) is 105 Å². The van der Waals surface area contributed by atoms with E-state index in [2.05, 4.69) is 19.9 Å². The summed E-state index contributed by atoms with van der Waals surface area (Å²) in [6.07, 6.45) is 3.54. The Labute approximate surface area is 202 Å². The average molecular weight is 518 g/mol. The molecule has 1 aromatic carbocycles. The largest absolute Gasteiger partial charge is 0.388 e. The highest BCUT2D eigenvalue weighted by molar-refractivity contribution is 8.45. The van der Waals surface area contributed by atoms with Gasteiger partial charge in [-0.05, 0) is 72.3 Å². The number of aliphatic hydroxyl groups excluding tert-OH is 2. The van der Waals surface area contributed by atoms with Crippen molar-refractivity contribution < 1.29 is 29.6 Å². The van der Waals surface area contributed by atoms with Gasteiger partial charge in [-0.3, -0.25) is 4.98 Å². The fraction of sp³-hybridized carbons (Fsp3) is 0.500. The predicted octanol–water partition coefficient (Wildman–Crippen LogP) is 8.52. The van der Waals surface area contributed by atoms with Crippen LogP contribution in [0, 0.1) is 5.41 Å². The summed E-state index contributed by atoms with van der Waals surface area (Å²) < 4.78 is 66.1. The highest BCUT2D eigenvalue weighted by Crippen LogP contribution is 3.02. The van der Waals surface area contributed by atoms with Gasteiger partial charge < -0.3 is 10.2 Å². The fourth-order valence-corrected chi connectivity index (χ4v) is 6.01. The van der Waals surface area contributed by atoms with E-state index >= 15 is 0 Å². The Morgan fingerprint density at radius 1 is 1.06 bits per heavy atom. The van der Waals surface area contributed by atoms with E-state index in [1.54, 1.807) is 0 Å². The van der Waals surface area contributed by atoms with Crippen molar-refractivity contribution in [3.63, 3.8) is 0 Å². The maximum atomic E-state index is 13.2. The zero-order valence-corrected chi connectivity index (χ0v) is 21.1. The smallest absolute Gasteiger partial charge is 0.310 e. The normalized spacial score (nSPS) is 22.9. The number of pyridine rings is 1. The lowest BCUT2D eigenvalue weighted by Gasteiger charge is -2.40. The minimum atomic E-state index is -9.83. The zero-order chi connectivity index (χ0) is 26.0. The summed E-state index contributed by atoms with van der Waals surface area (Å²) in [6, 6.07) is 2.45. The highest BCUT2D eigenvalue weighted by Gasteiger charge is 2.65. The summed E-state index contributed by atoms with van der Waals surface area (Å²) in [5, 5.41) is 22.6. The second-order valence-electron chi connectivity index (χ2n) is 10.9. The first-order chi connectivity index (χ1) is 15.9. The molecule has 2 aliphatic rings. The van der Waals surface area contributed by atoms with Gasteiger partial charge in [0.05, 0.1) is 6.10 Å². The van der Waals surface area contributed by atoms with Crippen LogP contribution < -0.4 is 0 Å². The molecule has 0 radical (unpaired) electrons. The fourth-order valence-electron chi connectivity index (χ4n) is 5.36. The summed E-state index contributed by atoms with van der Waals surface area (Å²) in [5.41, 5.74) is 4.05. The van der Waals surface area contributed by atoms with Crippen molar-refractivity contribution in [2.24, 2.45) is 5.41 Å². The van der Waals surface area contributed by atoms with Crippen LogP contribution in [0.5, 0.6) is 0 Å². The summed E-state index contributed by atoms with van der Waals surface area (Å²) in [7, 11) is -9.83. The van der Waals surface area contributed by atoms with E-state index in [0.717, 1.165) is 42.7 Å². The van der Waals surface area contributed by atoms with E-state index < -0.39 is 27.3 Å². The summed E-state index contributed by atoms with van der Waals surface area (Å²) in [6.45, 7) is 7.96. The molecule has 0 bridgehead atoms. The minimum absolute atomic E-state index is 0.0599. The van der Waals surface area contributed by atoms with E-state index in [9.17, 15) is 29.6 Å². The molecule has 0 spiro atoms. The van der Waals surface area contributed by atoms with Gasteiger partial charge in [-0.15, -0.1) is 0 Å². The Morgan fingerprint density at radius 3 is 2.20 bits per heavy atom. The number of aromatic nitrogens is 1. The molecule has 0 aliphatic heterocycles. The molecule has 1 heterocycles. The third-order valence-corrected chi connectivity index (χ3v) is 8.09. The van der Waals surface area contributed by atoms with Crippen LogP contribution in [0.4, 0.5) is 19.4 Å². The molecule has 3 nitrogen and oxygen atoms in total.